The normalized spacial score (nSPS) is 25.0. The zero-order valence-electron chi connectivity index (χ0n) is 14.1. The number of thiocarbonyl (C=S) groups is 1. The van der Waals surface area contributed by atoms with Crippen molar-refractivity contribution < 1.29 is 0 Å². The Hall–Kier alpha value is -1.88. The molecule has 0 spiro atoms. The maximum Gasteiger partial charge on any atom is 0.169 e. The highest BCUT2D eigenvalue weighted by molar-refractivity contribution is 7.80. The minimum absolute atomic E-state index is 0.103. The fourth-order valence-electron chi connectivity index (χ4n) is 4.09. The van der Waals surface area contributed by atoms with Crippen LogP contribution in [0.3, 0.4) is 0 Å². The second-order valence-electron chi connectivity index (χ2n) is 6.92. The van der Waals surface area contributed by atoms with Crippen LogP contribution in [0.2, 0.25) is 0 Å². The average molecular weight is 340 g/mol. The van der Waals surface area contributed by atoms with E-state index in [1.54, 1.807) is 0 Å². The summed E-state index contributed by atoms with van der Waals surface area (Å²) in [5.74, 6) is 0. The summed E-state index contributed by atoms with van der Waals surface area (Å²) in [6.45, 7) is 0. The molecule has 0 amide bonds. The lowest BCUT2D eigenvalue weighted by molar-refractivity contribution is 0.347. The third-order valence-electron chi connectivity index (χ3n) is 5.41. The smallest absolute Gasteiger partial charge is 0.169 e. The van der Waals surface area contributed by atoms with Crippen molar-refractivity contribution in [3.8, 4) is 0 Å². The number of pyridine rings is 1. The maximum atomic E-state index is 5.51. The first-order valence-electron chi connectivity index (χ1n) is 8.85. The third-order valence-corrected chi connectivity index (χ3v) is 5.82. The van der Waals surface area contributed by atoms with Crippen molar-refractivity contribution in [2.45, 2.75) is 50.2 Å². The van der Waals surface area contributed by atoms with E-state index in [1.165, 1.54) is 37.7 Å². The van der Waals surface area contributed by atoms with Gasteiger partial charge in [-0.15, -0.1) is 0 Å². The Labute approximate surface area is 148 Å². The lowest BCUT2D eigenvalue weighted by Gasteiger charge is -2.25. The van der Waals surface area contributed by atoms with Gasteiger partial charge in [-0.25, -0.2) is 0 Å². The fraction of sp³-hybridized carbons (Fsp3) is 0.474. The zero-order valence-corrected chi connectivity index (χ0v) is 14.9. The zero-order chi connectivity index (χ0) is 16.5. The summed E-state index contributed by atoms with van der Waals surface area (Å²) in [5.41, 5.74) is 2.35. The van der Waals surface area contributed by atoms with Crippen LogP contribution in [0.25, 0.3) is 0 Å². The van der Waals surface area contributed by atoms with Gasteiger partial charge in [-0.05, 0) is 48.8 Å². The molecule has 0 unspecified atom stereocenters. The van der Waals surface area contributed by atoms with E-state index in [0.29, 0.717) is 6.04 Å². The maximum absolute atomic E-state index is 5.51. The number of rotatable bonds is 3. The number of hydrogen-bond acceptors (Lipinski definition) is 2. The van der Waals surface area contributed by atoms with Crippen LogP contribution in [0.5, 0.6) is 0 Å². The summed E-state index contributed by atoms with van der Waals surface area (Å²) in [6, 6.07) is 9.27. The molecule has 0 radical (unpaired) electrons. The van der Waals surface area contributed by atoms with Gasteiger partial charge < -0.3 is 14.8 Å². The average Bonchev–Trinajstić information content (AvgIpc) is 3.22. The first kappa shape index (κ1) is 15.6. The molecule has 4 rings (SSSR count). The molecular weight excluding hydrogens is 316 g/mol. The molecule has 0 aromatic carbocycles. The van der Waals surface area contributed by atoms with E-state index in [4.69, 9.17) is 12.2 Å². The summed E-state index contributed by atoms with van der Waals surface area (Å²) in [6.07, 6.45) is 13.1. The molecule has 2 atom stereocenters. The molecule has 2 aromatic heterocycles. The predicted octanol–water partition coefficient (Wildman–Crippen LogP) is 3.99. The number of nitrogens with one attached hydrogen (secondary N) is 1. The second kappa shape index (κ2) is 6.55. The lowest BCUT2D eigenvalue weighted by atomic mass is 9.95. The van der Waals surface area contributed by atoms with Gasteiger partial charge in [0.25, 0.3) is 0 Å². The first-order valence-corrected chi connectivity index (χ1v) is 9.26. The van der Waals surface area contributed by atoms with Gasteiger partial charge in [-0.1, -0.05) is 25.3 Å². The molecule has 24 heavy (non-hydrogen) atoms. The molecule has 0 bridgehead atoms. The molecule has 2 aliphatic rings. The van der Waals surface area contributed by atoms with Gasteiger partial charge in [0.15, 0.2) is 5.11 Å². The highest BCUT2D eigenvalue weighted by Crippen LogP contribution is 2.38. The number of aromatic nitrogens is 2. The van der Waals surface area contributed by atoms with Crippen LogP contribution in [0.4, 0.5) is 0 Å². The monoisotopic (exact) mass is 340 g/mol. The van der Waals surface area contributed by atoms with Gasteiger partial charge in [-0.3, -0.25) is 4.98 Å². The molecule has 2 fully saturated rings. The highest BCUT2D eigenvalue weighted by Gasteiger charge is 2.38. The van der Waals surface area contributed by atoms with E-state index in [0.717, 1.165) is 10.8 Å². The Morgan fingerprint density at radius 1 is 1.17 bits per heavy atom. The minimum Gasteiger partial charge on any atom is -0.352 e. The molecule has 2 aromatic rings. The molecule has 126 valence electrons. The number of hydrogen-bond donors (Lipinski definition) is 1. The van der Waals surface area contributed by atoms with Gasteiger partial charge in [0.05, 0.1) is 17.8 Å². The van der Waals surface area contributed by atoms with Crippen LogP contribution in [0.15, 0.2) is 42.9 Å². The van der Waals surface area contributed by atoms with Crippen molar-refractivity contribution in [2.75, 3.05) is 7.05 Å². The summed E-state index contributed by atoms with van der Waals surface area (Å²) < 4.78 is 2.42. The van der Waals surface area contributed by atoms with Gasteiger partial charge in [0.1, 0.15) is 0 Å². The van der Waals surface area contributed by atoms with E-state index in [1.807, 2.05) is 18.3 Å². The van der Waals surface area contributed by atoms with Crippen LogP contribution < -0.4 is 5.32 Å². The van der Waals surface area contributed by atoms with E-state index < -0.39 is 0 Å². The molecular formula is C19H24N4S. The Kier molecular flexibility index (Phi) is 4.27. The minimum atomic E-state index is 0.103. The molecule has 1 aliphatic carbocycles. The van der Waals surface area contributed by atoms with Gasteiger partial charge in [0.2, 0.25) is 0 Å². The summed E-state index contributed by atoms with van der Waals surface area (Å²) >= 11 is 5.51. The van der Waals surface area contributed by atoms with E-state index in [9.17, 15) is 0 Å². The highest BCUT2D eigenvalue weighted by atomic mass is 32.1. The van der Waals surface area contributed by atoms with Crippen molar-refractivity contribution in [3.63, 3.8) is 0 Å². The molecule has 4 nitrogen and oxygen atoms in total. The number of likely N-dealkylation sites (N-methyl/N-ethyl adjacent to an activating group) is 1. The molecule has 5 heteroatoms. The van der Waals surface area contributed by atoms with Crippen molar-refractivity contribution >= 4 is 17.3 Å². The Morgan fingerprint density at radius 2 is 2.00 bits per heavy atom. The van der Waals surface area contributed by atoms with Crippen molar-refractivity contribution in [1.82, 2.24) is 19.8 Å². The van der Waals surface area contributed by atoms with Crippen LogP contribution in [-0.4, -0.2) is 26.6 Å². The summed E-state index contributed by atoms with van der Waals surface area (Å²) in [7, 11) is 2.07. The topological polar surface area (TPSA) is 33.1 Å². The van der Waals surface area contributed by atoms with Crippen molar-refractivity contribution in [3.05, 3.63) is 54.1 Å². The van der Waals surface area contributed by atoms with Crippen LogP contribution in [0.1, 0.15) is 61.5 Å². The molecule has 1 saturated carbocycles. The summed E-state index contributed by atoms with van der Waals surface area (Å²) in [4.78, 5) is 6.71. The Bertz CT molecular complexity index is 705. The van der Waals surface area contributed by atoms with Crippen molar-refractivity contribution in [2.24, 2.45) is 0 Å². The van der Waals surface area contributed by atoms with E-state index >= 15 is 0 Å². The Balaban J connectivity index is 1.63. The van der Waals surface area contributed by atoms with Crippen LogP contribution >= 0.6 is 12.2 Å². The number of nitrogens with zero attached hydrogens (tertiary/aromatic N) is 3. The molecule has 1 aliphatic heterocycles. The standard InChI is InChI=1S/C19H24N4S/c1-22-18(17(21-19(22)24)16-9-5-6-11-20-16)14-10-12-23(13-14)15-7-3-2-4-8-15/h5-6,9-13,15,17-18H,2-4,7-8H2,1H3,(H,21,24)/t17-,18-/m0/s1. The third kappa shape index (κ3) is 2.81. The quantitative estimate of drug-likeness (QED) is 0.857. The summed E-state index contributed by atoms with van der Waals surface area (Å²) in [5, 5.41) is 4.24. The van der Waals surface area contributed by atoms with E-state index in [-0.39, 0.29) is 12.1 Å². The lowest BCUT2D eigenvalue weighted by Crippen LogP contribution is -2.24. The van der Waals surface area contributed by atoms with Crippen LogP contribution in [0, 0.1) is 0 Å². The fourth-order valence-corrected chi connectivity index (χ4v) is 4.33. The second-order valence-corrected chi connectivity index (χ2v) is 7.31. The van der Waals surface area contributed by atoms with Gasteiger partial charge in [0, 0.05) is 31.7 Å². The largest absolute Gasteiger partial charge is 0.352 e. The molecule has 1 N–H and O–H groups in total. The molecule has 1 saturated heterocycles. The Morgan fingerprint density at radius 3 is 2.75 bits per heavy atom. The SMILES string of the molecule is CN1C(=S)N[C@@H](c2ccccn2)[C@@H]1c1ccn(C2CCCCC2)c1. The van der Waals surface area contributed by atoms with E-state index in [2.05, 4.69) is 51.3 Å². The van der Waals surface area contributed by atoms with Gasteiger partial charge in [-0.2, -0.15) is 0 Å². The molecule has 3 heterocycles. The predicted molar refractivity (Wildman–Crippen MR) is 99.8 cm³/mol. The first-order chi connectivity index (χ1) is 11.7. The van der Waals surface area contributed by atoms with Crippen molar-refractivity contribution in [1.29, 1.82) is 0 Å². The van der Waals surface area contributed by atoms with Gasteiger partial charge >= 0.3 is 0 Å². The van der Waals surface area contributed by atoms with Crippen LogP contribution in [-0.2, 0) is 0 Å².